The number of benzene rings is 1. The molecule has 88 valence electrons. The number of hydrogen-bond acceptors (Lipinski definition) is 2. The number of ether oxygens (including phenoxy) is 1. The lowest BCUT2D eigenvalue weighted by atomic mass is 10.0. The molecule has 0 aliphatic carbocycles. The molecule has 0 spiro atoms. The molecule has 1 unspecified atom stereocenters. The van der Waals surface area contributed by atoms with Gasteiger partial charge in [0.1, 0.15) is 6.10 Å². The van der Waals surface area contributed by atoms with Crippen LogP contribution in [-0.2, 0) is 9.53 Å². The summed E-state index contributed by atoms with van der Waals surface area (Å²) < 4.78 is 5.42. The minimum absolute atomic E-state index is 0.0195. The fourth-order valence-electron chi connectivity index (χ4n) is 1.42. The van der Waals surface area contributed by atoms with E-state index >= 15 is 0 Å². The zero-order chi connectivity index (χ0) is 12.1. The summed E-state index contributed by atoms with van der Waals surface area (Å²) in [5.74, 6) is 0.0195. The van der Waals surface area contributed by atoms with Gasteiger partial charge < -0.3 is 4.74 Å². The summed E-state index contributed by atoms with van der Waals surface area (Å²) in [5, 5.41) is 1.01. The van der Waals surface area contributed by atoms with Gasteiger partial charge in [-0.25, -0.2) is 0 Å². The first-order valence-electron chi connectivity index (χ1n) is 5.19. The summed E-state index contributed by atoms with van der Waals surface area (Å²) in [7, 11) is 0. The lowest BCUT2D eigenvalue weighted by molar-refractivity contribution is -0.130. The number of carbonyl (C=O) groups excluding carboxylic acids is 1. The van der Waals surface area contributed by atoms with Gasteiger partial charge in [0.25, 0.3) is 0 Å². The zero-order valence-corrected chi connectivity index (χ0v) is 10.8. The Balaban J connectivity index is 3.05. The van der Waals surface area contributed by atoms with Gasteiger partial charge >= 0.3 is 0 Å². The van der Waals surface area contributed by atoms with Gasteiger partial charge in [0.15, 0.2) is 5.78 Å². The second-order valence-corrected chi connectivity index (χ2v) is 4.16. The minimum atomic E-state index is -0.584. The quantitative estimate of drug-likeness (QED) is 0.799. The van der Waals surface area contributed by atoms with Crippen molar-refractivity contribution in [1.82, 2.24) is 0 Å². The normalized spacial score (nSPS) is 12.5. The highest BCUT2D eigenvalue weighted by atomic mass is 35.5. The molecule has 0 saturated heterocycles. The lowest BCUT2D eigenvalue weighted by Gasteiger charge is -2.16. The third-order valence-electron chi connectivity index (χ3n) is 2.22. The van der Waals surface area contributed by atoms with Crippen LogP contribution in [0.15, 0.2) is 18.2 Å². The Bertz CT molecular complexity index is 377. The molecule has 1 rings (SSSR count). The summed E-state index contributed by atoms with van der Waals surface area (Å²) >= 11 is 11.8. The van der Waals surface area contributed by atoms with Gasteiger partial charge in [-0.3, -0.25) is 4.79 Å². The van der Waals surface area contributed by atoms with Crippen molar-refractivity contribution in [2.45, 2.75) is 26.4 Å². The fourth-order valence-corrected chi connectivity index (χ4v) is 1.93. The van der Waals surface area contributed by atoms with Crippen molar-refractivity contribution >= 4 is 29.0 Å². The molecule has 0 heterocycles. The van der Waals surface area contributed by atoms with Gasteiger partial charge in [-0.05, 0) is 19.1 Å². The number of halogens is 2. The fraction of sp³-hybridized carbons (Fsp3) is 0.417. The van der Waals surface area contributed by atoms with Crippen LogP contribution >= 0.6 is 23.2 Å². The van der Waals surface area contributed by atoms with Crippen molar-refractivity contribution in [3.05, 3.63) is 33.8 Å². The Morgan fingerprint density at radius 1 is 1.38 bits per heavy atom. The van der Waals surface area contributed by atoms with E-state index in [2.05, 4.69) is 0 Å². The Hall–Kier alpha value is -0.570. The van der Waals surface area contributed by atoms with Crippen molar-refractivity contribution in [2.75, 3.05) is 6.61 Å². The highest BCUT2D eigenvalue weighted by molar-refractivity contribution is 6.35. The molecular weight excluding hydrogens is 247 g/mol. The zero-order valence-electron chi connectivity index (χ0n) is 9.30. The van der Waals surface area contributed by atoms with Gasteiger partial charge in [0, 0.05) is 28.6 Å². The Morgan fingerprint density at radius 2 is 2.06 bits per heavy atom. The number of hydrogen-bond donors (Lipinski definition) is 0. The van der Waals surface area contributed by atoms with Crippen LogP contribution < -0.4 is 0 Å². The van der Waals surface area contributed by atoms with E-state index in [-0.39, 0.29) is 5.78 Å². The molecular formula is C12H14Cl2O2. The molecule has 0 amide bonds. The summed E-state index contributed by atoms with van der Waals surface area (Å²) in [6.07, 6.45) is -0.163. The van der Waals surface area contributed by atoms with E-state index in [4.69, 9.17) is 27.9 Å². The van der Waals surface area contributed by atoms with Crippen molar-refractivity contribution in [1.29, 1.82) is 0 Å². The largest absolute Gasteiger partial charge is 0.366 e. The first-order chi connectivity index (χ1) is 7.60. The highest BCUT2D eigenvalue weighted by Gasteiger charge is 2.21. The van der Waals surface area contributed by atoms with Crippen LogP contribution in [0.4, 0.5) is 0 Å². The van der Waals surface area contributed by atoms with Crippen LogP contribution in [0.3, 0.4) is 0 Å². The standard InChI is InChI=1S/C12H14Cl2O2/c1-3-11(15)12(16-4-2)9-6-5-8(13)7-10(9)14/h5-7,12H,3-4H2,1-2H3. The molecule has 0 fully saturated rings. The SMILES string of the molecule is CCOC(C(=O)CC)c1ccc(Cl)cc1Cl. The monoisotopic (exact) mass is 260 g/mol. The van der Waals surface area contributed by atoms with Crippen LogP contribution in [0, 0.1) is 0 Å². The summed E-state index contributed by atoms with van der Waals surface area (Å²) in [6.45, 7) is 4.12. The molecule has 4 heteroatoms. The average Bonchev–Trinajstić information content (AvgIpc) is 2.26. The maximum atomic E-state index is 11.7. The third kappa shape index (κ3) is 3.21. The van der Waals surface area contributed by atoms with Gasteiger partial charge in [0.05, 0.1) is 0 Å². The lowest BCUT2D eigenvalue weighted by Crippen LogP contribution is -2.15. The van der Waals surface area contributed by atoms with Crippen molar-refractivity contribution in [2.24, 2.45) is 0 Å². The van der Waals surface area contributed by atoms with Crippen LogP contribution in [0.2, 0.25) is 10.0 Å². The Kier molecular flexibility index (Phi) is 5.26. The van der Waals surface area contributed by atoms with Crippen LogP contribution in [0.5, 0.6) is 0 Å². The molecule has 1 atom stereocenters. The summed E-state index contributed by atoms with van der Waals surface area (Å²) in [6, 6.07) is 5.06. The smallest absolute Gasteiger partial charge is 0.165 e. The second kappa shape index (κ2) is 6.24. The van der Waals surface area contributed by atoms with Crippen molar-refractivity contribution < 1.29 is 9.53 Å². The van der Waals surface area contributed by atoms with E-state index in [0.29, 0.717) is 28.6 Å². The van der Waals surface area contributed by atoms with Crippen LogP contribution in [0.1, 0.15) is 31.9 Å². The molecule has 2 nitrogen and oxygen atoms in total. The molecule has 0 N–H and O–H groups in total. The van der Waals surface area contributed by atoms with E-state index in [1.165, 1.54) is 0 Å². The number of Topliss-reactive ketones (excluding diaryl/α,β-unsaturated/α-hetero) is 1. The Morgan fingerprint density at radius 3 is 2.56 bits per heavy atom. The molecule has 0 aliphatic heterocycles. The molecule has 0 radical (unpaired) electrons. The van der Waals surface area contributed by atoms with E-state index < -0.39 is 6.10 Å². The highest BCUT2D eigenvalue weighted by Crippen LogP contribution is 2.29. The first kappa shape index (κ1) is 13.5. The first-order valence-corrected chi connectivity index (χ1v) is 5.95. The van der Waals surface area contributed by atoms with Crippen LogP contribution in [0.25, 0.3) is 0 Å². The van der Waals surface area contributed by atoms with E-state index in [1.54, 1.807) is 25.1 Å². The molecule has 1 aromatic rings. The van der Waals surface area contributed by atoms with Gasteiger partial charge in [-0.15, -0.1) is 0 Å². The predicted molar refractivity (Wildman–Crippen MR) is 66.1 cm³/mol. The van der Waals surface area contributed by atoms with Gasteiger partial charge in [-0.1, -0.05) is 36.2 Å². The molecule has 1 aromatic carbocycles. The van der Waals surface area contributed by atoms with Crippen LogP contribution in [-0.4, -0.2) is 12.4 Å². The van der Waals surface area contributed by atoms with E-state index in [1.807, 2.05) is 6.92 Å². The Labute approximate surface area is 106 Å². The second-order valence-electron chi connectivity index (χ2n) is 3.32. The van der Waals surface area contributed by atoms with Gasteiger partial charge in [-0.2, -0.15) is 0 Å². The van der Waals surface area contributed by atoms with E-state index in [9.17, 15) is 4.79 Å². The molecule has 16 heavy (non-hydrogen) atoms. The maximum Gasteiger partial charge on any atom is 0.165 e. The average molecular weight is 261 g/mol. The number of rotatable bonds is 5. The van der Waals surface area contributed by atoms with E-state index in [0.717, 1.165) is 0 Å². The van der Waals surface area contributed by atoms with Crippen molar-refractivity contribution in [3.63, 3.8) is 0 Å². The van der Waals surface area contributed by atoms with Gasteiger partial charge in [0.2, 0.25) is 0 Å². The molecule has 0 saturated carbocycles. The maximum absolute atomic E-state index is 11.7. The number of carbonyl (C=O) groups is 1. The topological polar surface area (TPSA) is 26.3 Å². The number of ketones is 1. The molecule has 0 aromatic heterocycles. The predicted octanol–water partition coefficient (Wildman–Crippen LogP) is 4.05. The summed E-state index contributed by atoms with van der Waals surface area (Å²) in [5.41, 5.74) is 0.680. The van der Waals surface area contributed by atoms with Crippen molar-refractivity contribution in [3.8, 4) is 0 Å². The minimum Gasteiger partial charge on any atom is -0.366 e. The molecule has 0 bridgehead atoms. The summed E-state index contributed by atoms with van der Waals surface area (Å²) in [4.78, 5) is 11.7. The third-order valence-corrected chi connectivity index (χ3v) is 2.78. The molecule has 0 aliphatic rings.